The minimum Gasteiger partial charge on any atom is -0.467 e. The topological polar surface area (TPSA) is 66.1 Å². The van der Waals surface area contributed by atoms with Crippen molar-refractivity contribution < 1.29 is 14.0 Å². The van der Waals surface area contributed by atoms with Gasteiger partial charge in [0.15, 0.2) is 0 Å². The molecule has 2 amide bonds. The highest BCUT2D eigenvalue weighted by molar-refractivity contribution is 7.12. The molecule has 0 radical (unpaired) electrons. The molecule has 2 aromatic rings. The number of rotatable bonds is 5. The van der Waals surface area contributed by atoms with Gasteiger partial charge in [-0.2, -0.15) is 5.10 Å². The van der Waals surface area contributed by atoms with Crippen molar-refractivity contribution in [3.63, 3.8) is 0 Å². The van der Waals surface area contributed by atoms with E-state index in [9.17, 15) is 9.59 Å². The predicted octanol–water partition coefficient (Wildman–Crippen LogP) is 2.89. The van der Waals surface area contributed by atoms with Crippen molar-refractivity contribution >= 4 is 28.9 Å². The summed E-state index contributed by atoms with van der Waals surface area (Å²) in [6, 6.07) is 7.38. The van der Waals surface area contributed by atoms with Gasteiger partial charge in [0.2, 0.25) is 5.91 Å². The van der Waals surface area contributed by atoms with E-state index in [1.165, 1.54) is 9.91 Å². The fourth-order valence-corrected chi connectivity index (χ4v) is 3.75. The Morgan fingerprint density at radius 2 is 2.20 bits per heavy atom. The smallest absolute Gasteiger partial charge is 0.262 e. The lowest BCUT2D eigenvalue weighted by molar-refractivity contribution is -0.141. The summed E-state index contributed by atoms with van der Waals surface area (Å²) in [6.45, 7) is 0.0355. The minimum atomic E-state index is -0.260. The molecule has 0 spiro atoms. The van der Waals surface area contributed by atoms with Gasteiger partial charge in [-0.1, -0.05) is 6.07 Å². The molecule has 1 unspecified atom stereocenters. The van der Waals surface area contributed by atoms with Crippen LogP contribution >= 0.6 is 11.3 Å². The molecule has 1 saturated carbocycles. The third-order valence-corrected chi connectivity index (χ3v) is 5.44. The van der Waals surface area contributed by atoms with Crippen molar-refractivity contribution in [1.29, 1.82) is 0 Å². The summed E-state index contributed by atoms with van der Waals surface area (Å²) in [5.41, 5.74) is 0.876. The van der Waals surface area contributed by atoms with Crippen LogP contribution in [0.25, 0.3) is 0 Å². The standard InChI is InChI=1S/C18H19N3O3S/c1-20(18(23)12-6-7-12)11-17(22)21-14(15-4-2-8-24-15)10-13(19-21)16-5-3-9-25-16/h2-5,8-9,12,14H,6-7,10-11H2,1H3. The molecule has 0 bridgehead atoms. The molecule has 0 saturated heterocycles. The second kappa shape index (κ2) is 6.48. The molecule has 0 aromatic carbocycles. The second-order valence-electron chi connectivity index (χ2n) is 6.47. The number of likely N-dealkylation sites (N-methyl/N-ethyl adjacent to an activating group) is 1. The van der Waals surface area contributed by atoms with Gasteiger partial charge in [-0.05, 0) is 36.4 Å². The molecule has 4 rings (SSSR count). The third-order valence-electron chi connectivity index (χ3n) is 4.52. The van der Waals surface area contributed by atoms with Crippen LogP contribution in [0.2, 0.25) is 0 Å². The van der Waals surface area contributed by atoms with Gasteiger partial charge in [0, 0.05) is 19.4 Å². The van der Waals surface area contributed by atoms with Crippen LogP contribution in [-0.2, 0) is 9.59 Å². The summed E-state index contributed by atoms with van der Waals surface area (Å²) in [5.74, 6) is 0.663. The number of hydrogen-bond acceptors (Lipinski definition) is 5. The summed E-state index contributed by atoms with van der Waals surface area (Å²) in [6.07, 6.45) is 4.07. The van der Waals surface area contributed by atoms with E-state index in [2.05, 4.69) is 5.10 Å². The predicted molar refractivity (Wildman–Crippen MR) is 94.1 cm³/mol. The Hall–Kier alpha value is -2.41. The van der Waals surface area contributed by atoms with Crippen LogP contribution in [-0.4, -0.2) is 41.0 Å². The molecule has 2 aliphatic rings. The highest BCUT2D eigenvalue weighted by atomic mass is 32.1. The lowest BCUT2D eigenvalue weighted by Crippen LogP contribution is -2.39. The number of hydrogen-bond donors (Lipinski definition) is 0. The largest absolute Gasteiger partial charge is 0.467 e. The highest BCUT2D eigenvalue weighted by Crippen LogP contribution is 2.34. The van der Waals surface area contributed by atoms with Crippen molar-refractivity contribution in [2.45, 2.75) is 25.3 Å². The van der Waals surface area contributed by atoms with Gasteiger partial charge in [-0.15, -0.1) is 11.3 Å². The molecule has 3 heterocycles. The van der Waals surface area contributed by atoms with Crippen LogP contribution in [0.15, 0.2) is 45.4 Å². The molecule has 130 valence electrons. The van der Waals surface area contributed by atoms with E-state index in [-0.39, 0.29) is 30.3 Å². The first kappa shape index (κ1) is 16.1. The van der Waals surface area contributed by atoms with E-state index in [0.29, 0.717) is 12.2 Å². The molecule has 2 aromatic heterocycles. The van der Waals surface area contributed by atoms with Crippen LogP contribution < -0.4 is 0 Å². The normalized spacial score (nSPS) is 19.8. The monoisotopic (exact) mass is 357 g/mol. The van der Waals surface area contributed by atoms with E-state index in [1.54, 1.807) is 24.6 Å². The number of hydrazone groups is 1. The highest BCUT2D eigenvalue weighted by Gasteiger charge is 2.37. The molecular formula is C18H19N3O3S. The van der Waals surface area contributed by atoms with Crippen LogP contribution in [0.3, 0.4) is 0 Å². The Balaban J connectivity index is 1.54. The van der Waals surface area contributed by atoms with E-state index in [0.717, 1.165) is 23.4 Å². The fourth-order valence-electron chi connectivity index (χ4n) is 3.03. The number of furan rings is 1. The van der Waals surface area contributed by atoms with Gasteiger partial charge in [0.05, 0.1) is 16.9 Å². The van der Waals surface area contributed by atoms with E-state index in [1.807, 2.05) is 29.6 Å². The molecule has 0 N–H and O–H groups in total. The van der Waals surface area contributed by atoms with E-state index < -0.39 is 0 Å². The number of carbonyl (C=O) groups excluding carboxylic acids is 2. The van der Waals surface area contributed by atoms with Crippen LogP contribution in [0.4, 0.5) is 0 Å². The van der Waals surface area contributed by atoms with E-state index in [4.69, 9.17) is 4.42 Å². The lowest BCUT2D eigenvalue weighted by atomic mass is 10.1. The molecule has 1 fully saturated rings. The Bertz CT molecular complexity index is 794. The Morgan fingerprint density at radius 1 is 1.36 bits per heavy atom. The quantitative estimate of drug-likeness (QED) is 0.826. The first-order chi connectivity index (χ1) is 12.1. The number of carbonyl (C=O) groups is 2. The van der Waals surface area contributed by atoms with Crippen molar-refractivity contribution in [2.24, 2.45) is 11.0 Å². The fraction of sp³-hybridized carbons (Fsp3) is 0.389. The maximum absolute atomic E-state index is 12.8. The SMILES string of the molecule is CN(CC(=O)N1N=C(c2cccs2)CC1c1ccco1)C(=O)C1CC1. The van der Waals surface area contributed by atoms with Gasteiger partial charge in [-0.3, -0.25) is 9.59 Å². The molecule has 25 heavy (non-hydrogen) atoms. The first-order valence-corrected chi connectivity index (χ1v) is 9.23. The number of thiophene rings is 1. The van der Waals surface area contributed by atoms with Crippen molar-refractivity contribution in [3.05, 3.63) is 46.5 Å². The molecule has 6 nitrogen and oxygen atoms in total. The summed E-state index contributed by atoms with van der Waals surface area (Å²) < 4.78 is 5.52. The molecule has 1 aliphatic carbocycles. The van der Waals surface area contributed by atoms with Crippen LogP contribution in [0.1, 0.15) is 35.9 Å². The zero-order valence-corrected chi connectivity index (χ0v) is 14.7. The van der Waals surface area contributed by atoms with E-state index >= 15 is 0 Å². The van der Waals surface area contributed by atoms with Crippen LogP contribution in [0, 0.1) is 5.92 Å². The van der Waals surface area contributed by atoms with Crippen molar-refractivity contribution in [2.75, 3.05) is 13.6 Å². The molecule has 1 atom stereocenters. The third kappa shape index (κ3) is 3.24. The van der Waals surface area contributed by atoms with Gasteiger partial charge in [0.25, 0.3) is 5.91 Å². The zero-order chi connectivity index (χ0) is 17.4. The second-order valence-corrected chi connectivity index (χ2v) is 7.41. The number of nitrogens with zero attached hydrogens (tertiary/aromatic N) is 3. The maximum atomic E-state index is 12.8. The van der Waals surface area contributed by atoms with Crippen LogP contribution in [0.5, 0.6) is 0 Å². The first-order valence-electron chi connectivity index (χ1n) is 8.35. The Morgan fingerprint density at radius 3 is 2.84 bits per heavy atom. The van der Waals surface area contributed by atoms with Gasteiger partial charge >= 0.3 is 0 Å². The average molecular weight is 357 g/mol. The summed E-state index contributed by atoms with van der Waals surface area (Å²) in [4.78, 5) is 27.5. The Kier molecular flexibility index (Phi) is 4.17. The Labute approximate surface area is 149 Å². The lowest BCUT2D eigenvalue weighted by Gasteiger charge is -2.23. The molecule has 7 heteroatoms. The van der Waals surface area contributed by atoms with Crippen molar-refractivity contribution in [3.8, 4) is 0 Å². The molecular weight excluding hydrogens is 338 g/mol. The van der Waals surface area contributed by atoms with Gasteiger partial charge in [-0.25, -0.2) is 5.01 Å². The summed E-state index contributed by atoms with van der Waals surface area (Å²) in [5, 5.41) is 8.02. The van der Waals surface area contributed by atoms with Gasteiger partial charge < -0.3 is 9.32 Å². The minimum absolute atomic E-state index is 0.0355. The number of amides is 2. The van der Waals surface area contributed by atoms with Crippen molar-refractivity contribution in [1.82, 2.24) is 9.91 Å². The zero-order valence-electron chi connectivity index (χ0n) is 13.9. The average Bonchev–Trinajstić information content (AvgIpc) is 3.04. The summed E-state index contributed by atoms with van der Waals surface area (Å²) in [7, 11) is 1.68. The van der Waals surface area contributed by atoms with Gasteiger partial charge in [0.1, 0.15) is 18.3 Å². The molecule has 1 aliphatic heterocycles. The maximum Gasteiger partial charge on any atom is 0.262 e. The summed E-state index contributed by atoms with van der Waals surface area (Å²) >= 11 is 1.60.